The van der Waals surface area contributed by atoms with E-state index in [1.807, 2.05) is 18.2 Å². The zero-order chi connectivity index (χ0) is 20.9. The number of ether oxygens (including phenoxy) is 2. The van der Waals surface area contributed by atoms with Crippen molar-refractivity contribution < 1.29 is 14.3 Å². The second-order valence-electron chi connectivity index (χ2n) is 7.81. The van der Waals surface area contributed by atoms with Crippen LogP contribution in [0.5, 0.6) is 0 Å². The predicted octanol–water partition coefficient (Wildman–Crippen LogP) is 2.65. The molecule has 2 N–H and O–H groups in total. The van der Waals surface area contributed by atoms with Crippen LogP contribution in [0.1, 0.15) is 31.7 Å². The van der Waals surface area contributed by atoms with Crippen molar-refractivity contribution in [3.8, 4) is 0 Å². The quantitative estimate of drug-likeness (QED) is 0.276. The van der Waals surface area contributed by atoms with E-state index in [-0.39, 0.29) is 42.5 Å². The molecule has 1 saturated heterocycles. The lowest BCUT2D eigenvalue weighted by atomic mass is 10.1. The predicted molar refractivity (Wildman–Crippen MR) is 131 cm³/mol. The third kappa shape index (κ3) is 11.1. The van der Waals surface area contributed by atoms with Gasteiger partial charge in [-0.15, -0.1) is 24.0 Å². The summed E-state index contributed by atoms with van der Waals surface area (Å²) in [5.41, 5.74) is 1.17. The molecule has 1 aliphatic rings. The van der Waals surface area contributed by atoms with Gasteiger partial charge in [-0.25, -0.2) is 4.99 Å². The first-order valence-electron chi connectivity index (χ1n) is 10.5. The van der Waals surface area contributed by atoms with Crippen LogP contribution < -0.4 is 10.6 Å². The van der Waals surface area contributed by atoms with E-state index in [9.17, 15) is 4.79 Å². The molecule has 1 amide bonds. The maximum absolute atomic E-state index is 11.9. The molecule has 1 aromatic carbocycles. The molecule has 0 aliphatic carbocycles. The Bertz CT molecular complexity index is 622. The highest BCUT2D eigenvalue weighted by Gasteiger charge is 2.15. The maximum atomic E-state index is 11.9. The van der Waals surface area contributed by atoms with E-state index in [1.54, 1.807) is 19.0 Å². The maximum Gasteiger partial charge on any atom is 0.243 e. The van der Waals surface area contributed by atoms with Crippen LogP contribution in [0.3, 0.4) is 0 Å². The first-order chi connectivity index (χ1) is 14.0. The lowest BCUT2D eigenvalue weighted by Gasteiger charge is -2.24. The number of nitrogens with zero attached hydrogens (tertiary/aromatic N) is 2. The first kappa shape index (κ1) is 26.6. The average Bonchev–Trinajstić information content (AvgIpc) is 2.74. The molecule has 0 bridgehead atoms. The second kappa shape index (κ2) is 15.4. The third-order valence-corrected chi connectivity index (χ3v) is 4.77. The standard InChI is InChI=1S/C22H36N4O3.HI/c1-18(16-28-17-19-9-5-4-6-10-19)13-23-22(25-15-21(27)26(2)3)24-14-20-11-7-8-12-29-20;/h4-6,9-10,18,20H,7-8,11-17H2,1-3H3,(H2,23,24,25);1H. The molecular weight excluding hydrogens is 495 g/mol. The van der Waals surface area contributed by atoms with Crippen LogP contribution in [-0.2, 0) is 20.9 Å². The Morgan fingerprint density at radius 3 is 2.70 bits per heavy atom. The normalized spacial score (nSPS) is 17.6. The van der Waals surface area contributed by atoms with Gasteiger partial charge in [0.1, 0.15) is 6.54 Å². The van der Waals surface area contributed by atoms with Crippen LogP contribution in [0.25, 0.3) is 0 Å². The second-order valence-corrected chi connectivity index (χ2v) is 7.81. The van der Waals surface area contributed by atoms with Crippen LogP contribution >= 0.6 is 24.0 Å². The summed E-state index contributed by atoms with van der Waals surface area (Å²) in [4.78, 5) is 17.9. The van der Waals surface area contributed by atoms with Gasteiger partial charge in [-0.05, 0) is 30.7 Å². The summed E-state index contributed by atoms with van der Waals surface area (Å²) in [6.45, 7) is 5.74. The summed E-state index contributed by atoms with van der Waals surface area (Å²) in [6, 6.07) is 10.2. The number of hydrogen-bond acceptors (Lipinski definition) is 4. The summed E-state index contributed by atoms with van der Waals surface area (Å²) in [7, 11) is 3.47. The Balaban J connectivity index is 0.00000450. The van der Waals surface area contributed by atoms with Crippen molar-refractivity contribution in [2.24, 2.45) is 10.9 Å². The van der Waals surface area contributed by atoms with Crippen molar-refractivity contribution in [2.75, 3.05) is 46.9 Å². The van der Waals surface area contributed by atoms with Gasteiger partial charge < -0.3 is 25.0 Å². The van der Waals surface area contributed by atoms with E-state index in [0.29, 0.717) is 38.2 Å². The van der Waals surface area contributed by atoms with E-state index >= 15 is 0 Å². The fourth-order valence-corrected chi connectivity index (χ4v) is 2.92. The van der Waals surface area contributed by atoms with Crippen LogP contribution in [0.2, 0.25) is 0 Å². The molecule has 0 aromatic heterocycles. The molecule has 1 heterocycles. The van der Waals surface area contributed by atoms with E-state index in [1.165, 1.54) is 12.0 Å². The Morgan fingerprint density at radius 2 is 2.03 bits per heavy atom. The van der Waals surface area contributed by atoms with Gasteiger partial charge >= 0.3 is 0 Å². The number of guanidine groups is 1. The van der Waals surface area contributed by atoms with Gasteiger partial charge in [-0.1, -0.05) is 37.3 Å². The number of nitrogens with one attached hydrogen (secondary N) is 2. The number of halogens is 1. The zero-order valence-corrected chi connectivity index (χ0v) is 20.8. The molecule has 1 fully saturated rings. The first-order valence-corrected chi connectivity index (χ1v) is 10.5. The molecule has 0 saturated carbocycles. The fraction of sp³-hybridized carbons (Fsp3) is 0.636. The number of benzene rings is 1. The van der Waals surface area contributed by atoms with Gasteiger partial charge in [0.25, 0.3) is 0 Å². The Kier molecular flexibility index (Phi) is 13.7. The molecule has 1 aromatic rings. The molecule has 0 spiro atoms. The molecule has 7 nitrogen and oxygen atoms in total. The lowest BCUT2D eigenvalue weighted by Crippen LogP contribution is -2.44. The molecular formula is C22H37IN4O3. The van der Waals surface area contributed by atoms with Crippen LogP contribution in [0, 0.1) is 5.92 Å². The van der Waals surface area contributed by atoms with E-state index in [0.717, 1.165) is 19.4 Å². The van der Waals surface area contributed by atoms with Crippen molar-refractivity contribution in [3.63, 3.8) is 0 Å². The van der Waals surface area contributed by atoms with Gasteiger partial charge in [0.15, 0.2) is 5.96 Å². The van der Waals surface area contributed by atoms with Crippen LogP contribution in [-0.4, -0.2) is 69.8 Å². The Labute approximate surface area is 198 Å². The van der Waals surface area contributed by atoms with Crippen LogP contribution in [0.15, 0.2) is 35.3 Å². The van der Waals surface area contributed by atoms with Crippen molar-refractivity contribution in [3.05, 3.63) is 35.9 Å². The molecule has 2 unspecified atom stereocenters. The smallest absolute Gasteiger partial charge is 0.243 e. The molecule has 170 valence electrons. The summed E-state index contributed by atoms with van der Waals surface area (Å²) >= 11 is 0. The molecule has 8 heteroatoms. The zero-order valence-electron chi connectivity index (χ0n) is 18.4. The number of hydrogen-bond donors (Lipinski definition) is 2. The lowest BCUT2D eigenvalue weighted by molar-refractivity contribution is -0.127. The van der Waals surface area contributed by atoms with Crippen molar-refractivity contribution in [1.29, 1.82) is 0 Å². The monoisotopic (exact) mass is 532 g/mol. The SMILES string of the molecule is CC(CNC(=NCC(=O)N(C)C)NCC1CCCCO1)COCc1ccccc1.I. The number of amides is 1. The Morgan fingerprint density at radius 1 is 1.27 bits per heavy atom. The summed E-state index contributed by atoms with van der Waals surface area (Å²) in [5, 5.41) is 6.66. The molecule has 0 radical (unpaired) electrons. The fourth-order valence-electron chi connectivity index (χ4n) is 2.92. The van der Waals surface area contributed by atoms with Crippen LogP contribution in [0.4, 0.5) is 0 Å². The molecule has 1 aliphatic heterocycles. The number of rotatable bonds is 10. The van der Waals surface area contributed by atoms with Crippen molar-refractivity contribution >= 4 is 35.8 Å². The summed E-state index contributed by atoms with van der Waals surface area (Å²) in [6.07, 6.45) is 3.59. The van der Waals surface area contributed by atoms with E-state index in [2.05, 4.69) is 34.7 Å². The third-order valence-electron chi connectivity index (χ3n) is 4.77. The minimum Gasteiger partial charge on any atom is -0.376 e. The summed E-state index contributed by atoms with van der Waals surface area (Å²) < 4.78 is 11.6. The molecule has 2 rings (SSSR count). The Hall–Kier alpha value is -1.39. The highest BCUT2D eigenvalue weighted by molar-refractivity contribution is 14.0. The van der Waals surface area contributed by atoms with E-state index < -0.39 is 0 Å². The van der Waals surface area contributed by atoms with Gasteiger partial charge in [-0.2, -0.15) is 0 Å². The molecule has 2 atom stereocenters. The highest BCUT2D eigenvalue weighted by Crippen LogP contribution is 2.11. The van der Waals surface area contributed by atoms with Gasteiger partial charge in [0, 0.05) is 33.8 Å². The highest BCUT2D eigenvalue weighted by atomic mass is 127. The van der Waals surface area contributed by atoms with E-state index in [4.69, 9.17) is 9.47 Å². The summed E-state index contributed by atoms with van der Waals surface area (Å²) in [5.74, 6) is 0.921. The minimum atomic E-state index is -0.0285. The number of aliphatic imine (C=N–C) groups is 1. The number of carbonyl (C=O) groups excluding carboxylic acids is 1. The van der Waals surface area contributed by atoms with Gasteiger partial charge in [-0.3, -0.25) is 4.79 Å². The van der Waals surface area contributed by atoms with Gasteiger partial charge in [0.2, 0.25) is 5.91 Å². The average molecular weight is 532 g/mol. The topological polar surface area (TPSA) is 75.2 Å². The molecule has 30 heavy (non-hydrogen) atoms. The van der Waals surface area contributed by atoms with Crippen molar-refractivity contribution in [1.82, 2.24) is 15.5 Å². The number of carbonyl (C=O) groups is 1. The minimum absolute atomic E-state index is 0. The largest absolute Gasteiger partial charge is 0.376 e. The van der Waals surface area contributed by atoms with Gasteiger partial charge in [0.05, 0.1) is 19.3 Å². The number of likely N-dealkylation sites (N-methyl/N-ethyl adjacent to an activating group) is 1. The van der Waals surface area contributed by atoms with Crippen molar-refractivity contribution in [2.45, 2.75) is 38.9 Å².